The fraction of sp³-hybridized carbons (Fsp3) is 0.240. The number of rotatable bonds is 5. The van der Waals surface area contributed by atoms with Crippen LogP contribution in [0.1, 0.15) is 0 Å². The number of aromatic nitrogens is 1. The summed E-state index contributed by atoms with van der Waals surface area (Å²) in [7, 11) is -3.98. The third kappa shape index (κ3) is 4.12. The molecule has 10 heteroatoms. The van der Waals surface area contributed by atoms with Crippen molar-refractivity contribution < 1.29 is 22.3 Å². The molecule has 4 aromatic rings. The Balaban J connectivity index is 1.36. The third-order valence-corrected chi connectivity index (χ3v) is 8.59. The standard InChI is InChI=1S/C25H23N3O5S2/c29-35(30,19-8-9-20-21(17-19)32-15-14-31-20)24-25(33-23(26-24)22-7-4-16-34-22)28-12-10-27(11-13-28)18-5-2-1-3-6-18/h1-9,16-17H,10-15H2. The van der Waals surface area contributed by atoms with Gasteiger partial charge in [0.15, 0.2) is 11.5 Å². The molecule has 0 aliphatic carbocycles. The molecule has 0 radical (unpaired) electrons. The molecule has 2 aromatic heterocycles. The maximum atomic E-state index is 13.8. The fourth-order valence-electron chi connectivity index (χ4n) is 4.29. The lowest BCUT2D eigenvalue weighted by atomic mass is 10.2. The molecule has 2 aliphatic rings. The predicted molar refractivity (Wildman–Crippen MR) is 134 cm³/mol. The molecule has 0 saturated carbocycles. The lowest BCUT2D eigenvalue weighted by Crippen LogP contribution is -2.46. The summed E-state index contributed by atoms with van der Waals surface area (Å²) in [6, 6.07) is 18.6. The average Bonchev–Trinajstić information content (AvgIpc) is 3.60. The summed E-state index contributed by atoms with van der Waals surface area (Å²) in [6.07, 6.45) is 0. The number of piperazine rings is 1. The van der Waals surface area contributed by atoms with Crippen molar-refractivity contribution in [2.75, 3.05) is 49.2 Å². The van der Waals surface area contributed by atoms with Crippen molar-refractivity contribution >= 4 is 32.7 Å². The van der Waals surface area contributed by atoms with Gasteiger partial charge in [-0.25, -0.2) is 8.42 Å². The minimum Gasteiger partial charge on any atom is -0.486 e. The SMILES string of the molecule is O=S(=O)(c1ccc2c(c1)OCCO2)c1nc(-c2cccs2)oc1N1CCN(c2ccccc2)CC1. The van der Waals surface area contributed by atoms with Gasteiger partial charge < -0.3 is 23.7 Å². The zero-order chi connectivity index (χ0) is 23.8. The summed E-state index contributed by atoms with van der Waals surface area (Å²) in [5, 5.41) is 1.83. The number of hydrogen-bond acceptors (Lipinski definition) is 9. The van der Waals surface area contributed by atoms with Crippen LogP contribution >= 0.6 is 11.3 Å². The first-order chi connectivity index (χ1) is 17.1. The van der Waals surface area contributed by atoms with Gasteiger partial charge in [0.25, 0.3) is 0 Å². The molecule has 0 bridgehead atoms. The molecule has 180 valence electrons. The molecule has 1 fully saturated rings. The van der Waals surface area contributed by atoms with Gasteiger partial charge in [-0.2, -0.15) is 4.98 Å². The number of thiophene rings is 1. The summed E-state index contributed by atoms with van der Waals surface area (Å²) in [5.41, 5.74) is 1.15. The smallest absolute Gasteiger partial charge is 0.240 e. The van der Waals surface area contributed by atoms with Gasteiger partial charge in [0.05, 0.1) is 9.77 Å². The topological polar surface area (TPSA) is 85.1 Å². The van der Waals surface area contributed by atoms with E-state index in [9.17, 15) is 8.42 Å². The molecule has 35 heavy (non-hydrogen) atoms. The minimum atomic E-state index is -3.98. The Labute approximate surface area is 207 Å². The Kier molecular flexibility index (Phi) is 5.62. The van der Waals surface area contributed by atoms with Gasteiger partial charge in [0, 0.05) is 37.9 Å². The number of sulfone groups is 1. The molecule has 1 saturated heterocycles. The van der Waals surface area contributed by atoms with E-state index in [0.717, 1.165) is 23.7 Å². The van der Waals surface area contributed by atoms with Gasteiger partial charge in [-0.3, -0.25) is 0 Å². The molecule has 0 unspecified atom stereocenters. The van der Waals surface area contributed by atoms with E-state index >= 15 is 0 Å². The Hall–Kier alpha value is -3.50. The van der Waals surface area contributed by atoms with E-state index in [2.05, 4.69) is 22.0 Å². The lowest BCUT2D eigenvalue weighted by Gasteiger charge is -2.36. The number of anilines is 2. The third-order valence-electron chi connectivity index (χ3n) is 6.08. The van der Waals surface area contributed by atoms with Crippen LogP contribution in [0.2, 0.25) is 0 Å². The molecule has 4 heterocycles. The van der Waals surface area contributed by atoms with E-state index in [-0.39, 0.29) is 15.8 Å². The molecule has 0 atom stereocenters. The van der Waals surface area contributed by atoms with Crippen molar-refractivity contribution in [1.29, 1.82) is 0 Å². The number of hydrogen-bond donors (Lipinski definition) is 0. The van der Waals surface area contributed by atoms with Crippen LogP contribution in [-0.4, -0.2) is 52.8 Å². The fourth-order valence-corrected chi connectivity index (χ4v) is 6.27. The van der Waals surface area contributed by atoms with E-state index in [1.165, 1.54) is 23.5 Å². The Morgan fingerprint density at radius 2 is 1.57 bits per heavy atom. The molecular formula is C25H23N3O5S2. The first-order valence-corrected chi connectivity index (χ1v) is 13.7. The highest BCUT2D eigenvalue weighted by molar-refractivity contribution is 7.91. The van der Waals surface area contributed by atoms with Crippen LogP contribution in [-0.2, 0) is 9.84 Å². The number of oxazole rings is 1. The van der Waals surface area contributed by atoms with Gasteiger partial charge in [-0.1, -0.05) is 24.3 Å². The zero-order valence-electron chi connectivity index (χ0n) is 18.8. The van der Waals surface area contributed by atoms with Crippen LogP contribution in [0.4, 0.5) is 11.6 Å². The highest BCUT2D eigenvalue weighted by atomic mass is 32.2. The maximum absolute atomic E-state index is 13.8. The zero-order valence-corrected chi connectivity index (χ0v) is 20.4. The maximum Gasteiger partial charge on any atom is 0.240 e. The van der Waals surface area contributed by atoms with Gasteiger partial charge in [-0.15, -0.1) is 11.3 Å². The van der Waals surface area contributed by atoms with Crippen molar-refractivity contribution in [3.8, 4) is 22.3 Å². The Morgan fingerprint density at radius 3 is 2.31 bits per heavy atom. The van der Waals surface area contributed by atoms with Gasteiger partial charge in [-0.05, 0) is 35.7 Å². The number of para-hydroxylation sites is 1. The monoisotopic (exact) mass is 509 g/mol. The van der Waals surface area contributed by atoms with Crippen molar-refractivity contribution in [2.24, 2.45) is 0 Å². The highest BCUT2D eigenvalue weighted by Crippen LogP contribution is 2.39. The first kappa shape index (κ1) is 22.0. The van der Waals surface area contributed by atoms with E-state index in [4.69, 9.17) is 13.9 Å². The molecule has 8 nitrogen and oxygen atoms in total. The van der Waals surface area contributed by atoms with Crippen molar-refractivity contribution in [3.63, 3.8) is 0 Å². The minimum absolute atomic E-state index is 0.0780. The van der Waals surface area contributed by atoms with E-state index in [0.29, 0.717) is 43.7 Å². The van der Waals surface area contributed by atoms with Gasteiger partial charge >= 0.3 is 0 Å². The van der Waals surface area contributed by atoms with Crippen LogP contribution in [0.5, 0.6) is 11.5 Å². The lowest BCUT2D eigenvalue weighted by molar-refractivity contribution is 0.171. The van der Waals surface area contributed by atoms with E-state index in [1.54, 1.807) is 6.07 Å². The normalized spacial score (nSPS) is 15.9. The van der Waals surface area contributed by atoms with Crippen molar-refractivity contribution in [1.82, 2.24) is 4.98 Å². The van der Waals surface area contributed by atoms with E-state index < -0.39 is 9.84 Å². The summed E-state index contributed by atoms with van der Waals surface area (Å²) in [6.45, 7) is 3.51. The van der Waals surface area contributed by atoms with Gasteiger partial charge in [0.2, 0.25) is 26.6 Å². The summed E-state index contributed by atoms with van der Waals surface area (Å²) in [5.74, 6) is 1.52. The Morgan fingerprint density at radius 1 is 0.829 bits per heavy atom. The van der Waals surface area contributed by atoms with Crippen LogP contribution in [0.25, 0.3) is 10.8 Å². The van der Waals surface area contributed by atoms with E-state index in [1.807, 2.05) is 40.6 Å². The number of fused-ring (bicyclic) bond motifs is 1. The molecule has 0 N–H and O–H groups in total. The molecule has 2 aliphatic heterocycles. The summed E-state index contributed by atoms with van der Waals surface area (Å²) >= 11 is 1.45. The van der Waals surface area contributed by atoms with Crippen LogP contribution in [0.15, 0.2) is 80.4 Å². The average molecular weight is 510 g/mol. The number of ether oxygens (including phenoxy) is 2. The number of benzene rings is 2. The highest BCUT2D eigenvalue weighted by Gasteiger charge is 2.34. The summed E-state index contributed by atoms with van der Waals surface area (Å²) < 4.78 is 44.9. The van der Waals surface area contributed by atoms with Crippen molar-refractivity contribution in [2.45, 2.75) is 9.92 Å². The second-order valence-corrected chi connectivity index (χ2v) is 11.0. The Bertz CT molecular complexity index is 1430. The predicted octanol–water partition coefficient (Wildman–Crippen LogP) is 4.33. The molecule has 2 aromatic carbocycles. The second kappa shape index (κ2) is 8.94. The first-order valence-electron chi connectivity index (χ1n) is 11.3. The molecule has 0 amide bonds. The van der Waals surface area contributed by atoms with Crippen molar-refractivity contribution in [3.05, 3.63) is 66.0 Å². The number of nitrogens with zero attached hydrogens (tertiary/aromatic N) is 3. The van der Waals surface area contributed by atoms with Crippen LogP contribution in [0, 0.1) is 0 Å². The largest absolute Gasteiger partial charge is 0.486 e. The quantitative estimate of drug-likeness (QED) is 0.393. The summed E-state index contributed by atoms with van der Waals surface area (Å²) in [4.78, 5) is 9.61. The van der Waals surface area contributed by atoms with Crippen LogP contribution in [0.3, 0.4) is 0 Å². The van der Waals surface area contributed by atoms with Gasteiger partial charge in [0.1, 0.15) is 13.2 Å². The molecule has 6 rings (SSSR count). The molecular weight excluding hydrogens is 486 g/mol. The second-order valence-electron chi connectivity index (χ2n) is 8.23. The molecule has 0 spiro atoms. The van der Waals surface area contributed by atoms with Crippen LogP contribution < -0.4 is 19.3 Å².